The highest BCUT2D eigenvalue weighted by molar-refractivity contribution is 9.08. The van der Waals surface area contributed by atoms with E-state index in [0.29, 0.717) is 11.4 Å². The van der Waals surface area contributed by atoms with Gasteiger partial charge in [-0.2, -0.15) is 0 Å². The molecule has 0 spiro atoms. The number of nitrogens with zero attached hydrogens (tertiary/aromatic N) is 2. The van der Waals surface area contributed by atoms with Crippen LogP contribution in [0, 0.1) is 10.1 Å². The standard InChI is InChI=1S/C15H15BrN2O2S/c1-10-13-5-7-21-15(13)4-6-17(10)12-2-3-14(18(19)20)11(8-12)9-16/h2-3,5,7-8,10H,4,6,9H2,1H3. The normalized spacial score (nSPS) is 17.6. The molecule has 110 valence electrons. The van der Waals surface area contributed by atoms with E-state index in [2.05, 4.69) is 39.2 Å². The molecular weight excluding hydrogens is 352 g/mol. The van der Waals surface area contributed by atoms with Gasteiger partial charge >= 0.3 is 0 Å². The number of thiophene rings is 1. The van der Waals surface area contributed by atoms with Crippen LogP contribution in [0.1, 0.15) is 29.0 Å². The number of alkyl halides is 1. The van der Waals surface area contributed by atoms with E-state index < -0.39 is 0 Å². The minimum Gasteiger partial charge on any atom is -0.364 e. The predicted octanol–water partition coefficient (Wildman–Crippen LogP) is 4.67. The number of halogens is 1. The van der Waals surface area contributed by atoms with Gasteiger partial charge in [-0.05, 0) is 42.5 Å². The fourth-order valence-corrected chi connectivity index (χ4v) is 4.31. The third-order valence-electron chi connectivity index (χ3n) is 4.01. The van der Waals surface area contributed by atoms with Crippen LogP contribution in [0.4, 0.5) is 11.4 Å². The van der Waals surface area contributed by atoms with Crippen molar-refractivity contribution in [3.05, 3.63) is 55.8 Å². The molecule has 2 aromatic rings. The molecule has 0 fully saturated rings. The molecule has 1 atom stereocenters. The zero-order valence-electron chi connectivity index (χ0n) is 11.6. The molecule has 1 unspecified atom stereocenters. The van der Waals surface area contributed by atoms with Gasteiger partial charge in [0.15, 0.2) is 0 Å². The number of anilines is 1. The maximum Gasteiger partial charge on any atom is 0.273 e. The molecule has 1 aliphatic heterocycles. The maximum atomic E-state index is 11.0. The van der Waals surface area contributed by atoms with Crippen LogP contribution in [0.25, 0.3) is 0 Å². The lowest BCUT2D eigenvalue weighted by Gasteiger charge is -2.35. The van der Waals surface area contributed by atoms with E-state index in [1.54, 1.807) is 6.07 Å². The molecule has 0 amide bonds. The first-order valence-electron chi connectivity index (χ1n) is 6.78. The SMILES string of the molecule is CC1c2ccsc2CCN1c1ccc([N+](=O)[O-])c(CBr)c1. The van der Waals surface area contributed by atoms with Crippen LogP contribution in [0.5, 0.6) is 0 Å². The molecule has 3 rings (SSSR count). The Labute approximate surface area is 135 Å². The largest absolute Gasteiger partial charge is 0.364 e. The number of nitro groups is 1. The molecule has 0 radical (unpaired) electrons. The average Bonchev–Trinajstić information content (AvgIpc) is 2.96. The summed E-state index contributed by atoms with van der Waals surface area (Å²) in [7, 11) is 0. The van der Waals surface area contributed by atoms with Gasteiger partial charge in [-0.3, -0.25) is 10.1 Å². The van der Waals surface area contributed by atoms with Gasteiger partial charge in [0, 0.05) is 34.1 Å². The van der Waals surface area contributed by atoms with Crippen molar-refractivity contribution < 1.29 is 4.92 Å². The van der Waals surface area contributed by atoms with Gasteiger partial charge in [0.25, 0.3) is 5.69 Å². The first-order chi connectivity index (χ1) is 10.1. The van der Waals surface area contributed by atoms with Crippen LogP contribution >= 0.6 is 27.3 Å². The summed E-state index contributed by atoms with van der Waals surface area (Å²) in [6.45, 7) is 3.15. The molecule has 0 N–H and O–H groups in total. The van der Waals surface area contributed by atoms with Crippen molar-refractivity contribution in [1.82, 2.24) is 0 Å². The Morgan fingerprint density at radius 1 is 1.48 bits per heavy atom. The van der Waals surface area contributed by atoms with Gasteiger partial charge < -0.3 is 4.90 Å². The monoisotopic (exact) mass is 366 g/mol. The van der Waals surface area contributed by atoms with Crippen LogP contribution in [-0.2, 0) is 11.8 Å². The molecule has 2 heterocycles. The highest BCUT2D eigenvalue weighted by Crippen LogP contribution is 2.37. The summed E-state index contributed by atoms with van der Waals surface area (Å²) in [6.07, 6.45) is 1.04. The lowest BCUT2D eigenvalue weighted by Crippen LogP contribution is -2.33. The molecule has 1 aromatic heterocycles. The van der Waals surface area contributed by atoms with Crippen molar-refractivity contribution >= 4 is 38.6 Å². The van der Waals surface area contributed by atoms with E-state index in [9.17, 15) is 10.1 Å². The van der Waals surface area contributed by atoms with Crippen LogP contribution in [-0.4, -0.2) is 11.5 Å². The molecule has 4 nitrogen and oxygen atoms in total. The Kier molecular flexibility index (Phi) is 3.99. The summed E-state index contributed by atoms with van der Waals surface area (Å²) in [6, 6.07) is 7.90. The fourth-order valence-electron chi connectivity index (χ4n) is 2.90. The van der Waals surface area contributed by atoms with Gasteiger partial charge in [0.2, 0.25) is 0 Å². The van der Waals surface area contributed by atoms with Crippen molar-refractivity contribution in [3.8, 4) is 0 Å². The molecule has 21 heavy (non-hydrogen) atoms. The zero-order chi connectivity index (χ0) is 15.0. The van der Waals surface area contributed by atoms with Gasteiger partial charge in [-0.15, -0.1) is 11.3 Å². The second kappa shape index (κ2) is 5.77. The Hall–Kier alpha value is -1.40. The number of benzene rings is 1. The molecule has 1 aliphatic rings. The molecule has 0 saturated heterocycles. The Bertz CT molecular complexity index is 686. The summed E-state index contributed by atoms with van der Waals surface area (Å²) < 4.78 is 0. The average molecular weight is 367 g/mol. The lowest BCUT2D eigenvalue weighted by atomic mass is 10.00. The molecule has 0 bridgehead atoms. The number of fused-ring (bicyclic) bond motifs is 1. The van der Waals surface area contributed by atoms with Gasteiger partial charge in [0.05, 0.1) is 11.0 Å². The molecule has 6 heteroatoms. The van der Waals surface area contributed by atoms with Crippen LogP contribution in [0.3, 0.4) is 0 Å². The van der Waals surface area contributed by atoms with Crippen molar-refractivity contribution in [2.45, 2.75) is 24.7 Å². The molecule has 1 aromatic carbocycles. The highest BCUT2D eigenvalue weighted by Gasteiger charge is 2.26. The minimum atomic E-state index is -0.322. The van der Waals surface area contributed by atoms with Gasteiger partial charge in [-0.1, -0.05) is 15.9 Å². The second-order valence-corrected chi connectivity index (χ2v) is 6.68. The number of hydrogen-bond acceptors (Lipinski definition) is 4. The van der Waals surface area contributed by atoms with E-state index in [1.165, 1.54) is 10.4 Å². The van der Waals surface area contributed by atoms with E-state index >= 15 is 0 Å². The third kappa shape index (κ3) is 2.58. The smallest absolute Gasteiger partial charge is 0.273 e. The Balaban J connectivity index is 1.96. The second-order valence-electron chi connectivity index (χ2n) is 5.12. The lowest BCUT2D eigenvalue weighted by molar-refractivity contribution is -0.385. The van der Waals surface area contributed by atoms with Gasteiger partial charge in [-0.25, -0.2) is 0 Å². The van der Waals surface area contributed by atoms with E-state index in [4.69, 9.17) is 0 Å². The summed E-state index contributed by atoms with van der Waals surface area (Å²) in [5.41, 5.74) is 3.33. The zero-order valence-corrected chi connectivity index (χ0v) is 14.0. The maximum absolute atomic E-state index is 11.0. The van der Waals surface area contributed by atoms with Crippen LogP contribution in [0.15, 0.2) is 29.6 Å². The van der Waals surface area contributed by atoms with Crippen molar-refractivity contribution in [2.75, 3.05) is 11.4 Å². The summed E-state index contributed by atoms with van der Waals surface area (Å²) in [5, 5.41) is 13.7. The summed E-state index contributed by atoms with van der Waals surface area (Å²) in [5.74, 6) is 0. The van der Waals surface area contributed by atoms with E-state index in [0.717, 1.165) is 24.2 Å². The van der Waals surface area contributed by atoms with Crippen LogP contribution < -0.4 is 4.90 Å². The predicted molar refractivity (Wildman–Crippen MR) is 89.5 cm³/mol. The van der Waals surface area contributed by atoms with Crippen molar-refractivity contribution in [3.63, 3.8) is 0 Å². The molecule has 0 aliphatic carbocycles. The van der Waals surface area contributed by atoms with Crippen molar-refractivity contribution in [2.24, 2.45) is 0 Å². The number of nitro benzene ring substituents is 1. The first kappa shape index (κ1) is 14.5. The Morgan fingerprint density at radius 2 is 2.29 bits per heavy atom. The number of hydrogen-bond donors (Lipinski definition) is 0. The fraction of sp³-hybridized carbons (Fsp3) is 0.333. The molecular formula is C15H15BrN2O2S. The van der Waals surface area contributed by atoms with E-state index in [1.807, 2.05) is 23.5 Å². The van der Waals surface area contributed by atoms with Gasteiger partial charge in [0.1, 0.15) is 0 Å². The third-order valence-corrected chi connectivity index (χ3v) is 5.61. The summed E-state index contributed by atoms with van der Waals surface area (Å²) in [4.78, 5) is 14.5. The first-order valence-corrected chi connectivity index (χ1v) is 8.78. The topological polar surface area (TPSA) is 46.4 Å². The highest BCUT2D eigenvalue weighted by atomic mass is 79.9. The van der Waals surface area contributed by atoms with E-state index in [-0.39, 0.29) is 10.6 Å². The number of rotatable bonds is 3. The summed E-state index contributed by atoms with van der Waals surface area (Å²) >= 11 is 5.17. The Morgan fingerprint density at radius 3 is 3.00 bits per heavy atom. The van der Waals surface area contributed by atoms with Crippen LogP contribution in [0.2, 0.25) is 0 Å². The molecule has 0 saturated carbocycles. The quantitative estimate of drug-likeness (QED) is 0.450. The minimum absolute atomic E-state index is 0.177. The van der Waals surface area contributed by atoms with Crippen molar-refractivity contribution in [1.29, 1.82) is 0 Å².